The Balaban J connectivity index is 1.71. The van der Waals surface area contributed by atoms with E-state index in [-0.39, 0.29) is 12.1 Å². The van der Waals surface area contributed by atoms with Gasteiger partial charge in [-0.1, -0.05) is 30.3 Å². The van der Waals surface area contributed by atoms with Gasteiger partial charge in [0.2, 0.25) is 0 Å². The number of likely N-dealkylation sites (tertiary alicyclic amines) is 1. The molecule has 1 aliphatic carbocycles. The van der Waals surface area contributed by atoms with E-state index in [4.69, 9.17) is 5.73 Å². The third kappa shape index (κ3) is 1.56. The van der Waals surface area contributed by atoms with Crippen LogP contribution in [0.1, 0.15) is 12.0 Å². The van der Waals surface area contributed by atoms with Gasteiger partial charge in [-0.2, -0.15) is 0 Å². The van der Waals surface area contributed by atoms with E-state index < -0.39 is 0 Å². The molecule has 1 saturated heterocycles. The minimum absolute atomic E-state index is 0.0533. The number of piperidine rings is 1. The summed E-state index contributed by atoms with van der Waals surface area (Å²) in [5, 5.41) is 9.82. The number of aliphatic hydroxyl groups is 1. The molecule has 2 aliphatic rings. The summed E-state index contributed by atoms with van der Waals surface area (Å²) in [4.78, 5) is 2.41. The zero-order valence-electron chi connectivity index (χ0n) is 9.29. The van der Waals surface area contributed by atoms with Gasteiger partial charge in [0, 0.05) is 31.1 Å². The van der Waals surface area contributed by atoms with Gasteiger partial charge in [0.05, 0.1) is 6.10 Å². The summed E-state index contributed by atoms with van der Waals surface area (Å²) in [6.07, 6.45) is 0.784. The molecule has 3 N–H and O–H groups in total. The Hall–Kier alpha value is -0.900. The summed E-state index contributed by atoms with van der Waals surface area (Å²) in [6, 6.07) is 10.8. The molecule has 1 aliphatic heterocycles. The highest BCUT2D eigenvalue weighted by Crippen LogP contribution is 2.37. The third-order valence-corrected chi connectivity index (χ3v) is 4.03. The average molecular weight is 218 g/mol. The number of hydrogen-bond donors (Lipinski definition) is 2. The first-order valence-electron chi connectivity index (χ1n) is 5.97. The molecule has 2 bridgehead atoms. The second kappa shape index (κ2) is 3.84. The van der Waals surface area contributed by atoms with E-state index >= 15 is 0 Å². The molecule has 1 saturated carbocycles. The molecule has 2 fully saturated rings. The van der Waals surface area contributed by atoms with Crippen molar-refractivity contribution < 1.29 is 5.11 Å². The molecule has 1 aromatic rings. The van der Waals surface area contributed by atoms with E-state index in [0.717, 1.165) is 19.5 Å². The van der Waals surface area contributed by atoms with E-state index in [1.807, 2.05) is 6.07 Å². The van der Waals surface area contributed by atoms with Crippen LogP contribution < -0.4 is 5.73 Å². The number of nitrogens with zero attached hydrogens (tertiary/aromatic N) is 1. The lowest BCUT2D eigenvalue weighted by atomic mass is 10.0. The van der Waals surface area contributed by atoms with Gasteiger partial charge in [-0.05, 0) is 12.0 Å². The van der Waals surface area contributed by atoms with Crippen molar-refractivity contribution in [2.75, 3.05) is 6.54 Å². The van der Waals surface area contributed by atoms with Crippen molar-refractivity contribution in [1.29, 1.82) is 0 Å². The molecule has 0 radical (unpaired) electrons. The largest absolute Gasteiger partial charge is 0.391 e. The predicted molar refractivity (Wildman–Crippen MR) is 62.7 cm³/mol. The van der Waals surface area contributed by atoms with Crippen LogP contribution in [0.4, 0.5) is 0 Å². The van der Waals surface area contributed by atoms with E-state index in [9.17, 15) is 5.11 Å². The van der Waals surface area contributed by atoms with Crippen molar-refractivity contribution in [3.05, 3.63) is 35.9 Å². The molecule has 3 heteroatoms. The highest BCUT2D eigenvalue weighted by atomic mass is 16.3. The monoisotopic (exact) mass is 218 g/mol. The fraction of sp³-hybridized carbons (Fsp3) is 0.538. The summed E-state index contributed by atoms with van der Waals surface area (Å²) >= 11 is 0. The van der Waals surface area contributed by atoms with Crippen LogP contribution in [0.15, 0.2) is 30.3 Å². The molecular weight excluding hydrogens is 200 g/mol. The Morgan fingerprint density at radius 1 is 1.31 bits per heavy atom. The number of hydrogen-bond acceptors (Lipinski definition) is 3. The number of rotatable bonds is 2. The van der Waals surface area contributed by atoms with E-state index in [0.29, 0.717) is 12.0 Å². The maximum atomic E-state index is 9.82. The van der Waals surface area contributed by atoms with Crippen molar-refractivity contribution >= 4 is 0 Å². The molecule has 16 heavy (non-hydrogen) atoms. The predicted octanol–water partition coefficient (Wildman–Crippen LogP) is 0.579. The fourth-order valence-electron chi connectivity index (χ4n) is 3.16. The highest BCUT2D eigenvalue weighted by molar-refractivity contribution is 5.16. The summed E-state index contributed by atoms with van der Waals surface area (Å²) in [7, 11) is 0. The average Bonchev–Trinajstić information content (AvgIpc) is 2.82. The van der Waals surface area contributed by atoms with Crippen molar-refractivity contribution in [2.45, 2.75) is 31.2 Å². The summed E-state index contributed by atoms with van der Waals surface area (Å²) < 4.78 is 0. The Labute approximate surface area is 95.9 Å². The van der Waals surface area contributed by atoms with Crippen molar-refractivity contribution in [3.8, 4) is 0 Å². The molecule has 0 spiro atoms. The molecule has 4 atom stereocenters. The zero-order chi connectivity index (χ0) is 11.1. The quantitative estimate of drug-likeness (QED) is 0.763. The Morgan fingerprint density at radius 3 is 2.69 bits per heavy atom. The molecule has 0 unspecified atom stereocenters. The zero-order valence-corrected chi connectivity index (χ0v) is 9.29. The third-order valence-electron chi connectivity index (χ3n) is 4.03. The number of nitrogens with two attached hydrogens (primary N) is 1. The molecule has 1 heterocycles. The Bertz CT molecular complexity index is 365. The van der Waals surface area contributed by atoms with Crippen LogP contribution in [-0.4, -0.2) is 34.7 Å². The lowest BCUT2D eigenvalue weighted by Gasteiger charge is -2.34. The van der Waals surface area contributed by atoms with Crippen molar-refractivity contribution in [1.82, 2.24) is 4.90 Å². The van der Waals surface area contributed by atoms with E-state index in [2.05, 4.69) is 29.2 Å². The van der Waals surface area contributed by atoms with Gasteiger partial charge in [-0.3, -0.25) is 4.90 Å². The maximum absolute atomic E-state index is 9.82. The molecule has 3 nitrogen and oxygen atoms in total. The van der Waals surface area contributed by atoms with E-state index in [1.165, 1.54) is 5.56 Å². The van der Waals surface area contributed by atoms with Crippen LogP contribution >= 0.6 is 0 Å². The van der Waals surface area contributed by atoms with Gasteiger partial charge < -0.3 is 10.8 Å². The van der Waals surface area contributed by atoms with Gasteiger partial charge in [0.1, 0.15) is 0 Å². The maximum Gasteiger partial charge on any atom is 0.0747 e. The van der Waals surface area contributed by atoms with Gasteiger partial charge >= 0.3 is 0 Å². The Morgan fingerprint density at radius 2 is 2.06 bits per heavy atom. The topological polar surface area (TPSA) is 49.5 Å². The smallest absolute Gasteiger partial charge is 0.0747 e. The van der Waals surface area contributed by atoms with Gasteiger partial charge in [-0.15, -0.1) is 0 Å². The molecule has 1 aromatic carbocycles. The first-order chi connectivity index (χ1) is 7.75. The highest BCUT2D eigenvalue weighted by Gasteiger charge is 2.49. The molecular formula is C13H18N2O. The number of aliphatic hydroxyl groups excluding tert-OH is 1. The molecule has 3 rings (SSSR count). The minimum atomic E-state index is -0.281. The van der Waals surface area contributed by atoms with Crippen LogP contribution in [0.3, 0.4) is 0 Å². The van der Waals surface area contributed by atoms with Crippen LogP contribution in [0.25, 0.3) is 0 Å². The molecule has 86 valence electrons. The first kappa shape index (κ1) is 10.3. The fourth-order valence-corrected chi connectivity index (χ4v) is 3.16. The van der Waals surface area contributed by atoms with Crippen LogP contribution in [-0.2, 0) is 6.54 Å². The second-order valence-corrected chi connectivity index (χ2v) is 5.05. The molecule has 0 amide bonds. The number of benzene rings is 1. The van der Waals surface area contributed by atoms with Crippen molar-refractivity contribution in [2.24, 2.45) is 11.7 Å². The number of fused-ring (bicyclic) bond motifs is 2. The normalized spacial score (nSPS) is 38.1. The molecule has 0 aromatic heterocycles. The van der Waals surface area contributed by atoms with Crippen LogP contribution in [0.5, 0.6) is 0 Å². The van der Waals surface area contributed by atoms with Crippen molar-refractivity contribution in [3.63, 3.8) is 0 Å². The van der Waals surface area contributed by atoms with Crippen LogP contribution in [0.2, 0.25) is 0 Å². The van der Waals surface area contributed by atoms with Gasteiger partial charge in [0.15, 0.2) is 0 Å². The van der Waals surface area contributed by atoms with Gasteiger partial charge in [-0.25, -0.2) is 0 Å². The lowest BCUT2D eigenvalue weighted by Crippen LogP contribution is -2.52. The minimum Gasteiger partial charge on any atom is -0.391 e. The Kier molecular flexibility index (Phi) is 2.46. The SMILES string of the molecule is N[C@H]1[C@H](O)[C@H]2C[C@H]1N(Cc1ccccc1)C2. The standard InChI is InChI=1S/C13H18N2O/c14-12-11-6-10(13(12)16)8-15(11)7-9-4-2-1-3-5-9/h1-5,10-13,16H,6-8,14H2/t10-,11+,12+,13+/m0/s1. The summed E-state index contributed by atoms with van der Waals surface area (Å²) in [6.45, 7) is 1.96. The first-order valence-corrected chi connectivity index (χ1v) is 5.97. The lowest BCUT2D eigenvalue weighted by molar-refractivity contribution is 0.0520. The van der Waals surface area contributed by atoms with E-state index in [1.54, 1.807) is 0 Å². The summed E-state index contributed by atoms with van der Waals surface area (Å²) in [5.74, 6) is 0.392. The summed E-state index contributed by atoms with van der Waals surface area (Å²) in [5.41, 5.74) is 7.35. The van der Waals surface area contributed by atoms with Crippen LogP contribution in [0, 0.1) is 5.92 Å². The van der Waals surface area contributed by atoms with Gasteiger partial charge in [0.25, 0.3) is 0 Å². The second-order valence-electron chi connectivity index (χ2n) is 5.05.